The minimum Gasteiger partial charge on any atom is -0.393 e. The molecule has 0 radical (unpaired) electrons. The lowest BCUT2D eigenvalue weighted by Gasteiger charge is -2.38. The van der Waals surface area contributed by atoms with Crippen LogP contribution in [-0.4, -0.2) is 46.8 Å². The molecule has 0 aromatic heterocycles. The third-order valence-corrected chi connectivity index (χ3v) is 4.59. The lowest BCUT2D eigenvalue weighted by atomic mass is 9.96. The van der Waals surface area contributed by atoms with E-state index in [-0.39, 0.29) is 30.2 Å². The molecular weight excluding hydrogens is 218 g/mol. The zero-order chi connectivity index (χ0) is 12.0. The average molecular weight is 239 g/mol. The number of ether oxygens (including phenoxy) is 1. The van der Waals surface area contributed by atoms with E-state index in [1.54, 1.807) is 0 Å². The molecule has 0 aromatic rings. The molecular formula is C13H21NO3. The number of rotatable bonds is 1. The Labute approximate surface area is 102 Å². The van der Waals surface area contributed by atoms with E-state index in [0.717, 1.165) is 32.1 Å². The maximum Gasteiger partial charge on any atom is 0.252 e. The Morgan fingerprint density at radius 1 is 1.24 bits per heavy atom. The van der Waals surface area contributed by atoms with E-state index < -0.39 is 0 Å². The van der Waals surface area contributed by atoms with E-state index in [4.69, 9.17) is 4.74 Å². The Bertz CT molecular complexity index is 306. The van der Waals surface area contributed by atoms with Crippen molar-refractivity contribution in [2.45, 2.75) is 63.3 Å². The SMILES string of the molecule is CC1CCOC1C(=O)N1C2CCC1CC(O)C2. The lowest BCUT2D eigenvalue weighted by Crippen LogP contribution is -2.52. The Morgan fingerprint density at radius 3 is 2.41 bits per heavy atom. The van der Waals surface area contributed by atoms with Crippen molar-refractivity contribution in [2.75, 3.05) is 6.61 Å². The van der Waals surface area contributed by atoms with Crippen molar-refractivity contribution < 1.29 is 14.6 Å². The zero-order valence-corrected chi connectivity index (χ0v) is 10.3. The summed E-state index contributed by atoms with van der Waals surface area (Å²) in [5, 5.41) is 9.74. The minimum atomic E-state index is -0.228. The molecule has 3 aliphatic heterocycles. The van der Waals surface area contributed by atoms with Crippen molar-refractivity contribution in [1.82, 2.24) is 4.90 Å². The highest BCUT2D eigenvalue weighted by Gasteiger charge is 2.46. The van der Waals surface area contributed by atoms with Crippen molar-refractivity contribution in [3.8, 4) is 0 Å². The first-order valence-corrected chi connectivity index (χ1v) is 6.78. The van der Waals surface area contributed by atoms with Crippen LogP contribution in [0.2, 0.25) is 0 Å². The van der Waals surface area contributed by atoms with E-state index in [1.807, 2.05) is 4.90 Å². The van der Waals surface area contributed by atoms with Crippen molar-refractivity contribution >= 4 is 5.91 Å². The molecule has 4 atom stereocenters. The lowest BCUT2D eigenvalue weighted by molar-refractivity contribution is -0.148. The quantitative estimate of drug-likeness (QED) is 0.740. The van der Waals surface area contributed by atoms with Gasteiger partial charge in [-0.05, 0) is 38.0 Å². The van der Waals surface area contributed by atoms with E-state index in [0.29, 0.717) is 12.5 Å². The van der Waals surface area contributed by atoms with Crippen molar-refractivity contribution in [2.24, 2.45) is 5.92 Å². The van der Waals surface area contributed by atoms with Gasteiger partial charge in [0.2, 0.25) is 0 Å². The van der Waals surface area contributed by atoms with Crippen LogP contribution in [0.3, 0.4) is 0 Å². The number of hydrogen-bond acceptors (Lipinski definition) is 3. The summed E-state index contributed by atoms with van der Waals surface area (Å²) >= 11 is 0. The molecule has 0 aromatic carbocycles. The summed E-state index contributed by atoms with van der Waals surface area (Å²) in [6.45, 7) is 2.81. The average Bonchev–Trinajstić information content (AvgIpc) is 2.81. The maximum absolute atomic E-state index is 12.5. The van der Waals surface area contributed by atoms with E-state index in [1.165, 1.54) is 0 Å². The number of amides is 1. The van der Waals surface area contributed by atoms with Gasteiger partial charge in [0, 0.05) is 18.7 Å². The van der Waals surface area contributed by atoms with Gasteiger partial charge in [-0.2, -0.15) is 0 Å². The number of nitrogens with zero attached hydrogens (tertiary/aromatic N) is 1. The highest BCUT2D eigenvalue weighted by Crippen LogP contribution is 2.37. The Morgan fingerprint density at radius 2 is 1.88 bits per heavy atom. The van der Waals surface area contributed by atoms with Crippen LogP contribution in [0.15, 0.2) is 0 Å². The molecule has 4 nitrogen and oxygen atoms in total. The summed E-state index contributed by atoms with van der Waals surface area (Å²) in [4.78, 5) is 14.5. The van der Waals surface area contributed by atoms with E-state index >= 15 is 0 Å². The minimum absolute atomic E-state index is 0.175. The van der Waals surface area contributed by atoms with Crippen LogP contribution < -0.4 is 0 Å². The van der Waals surface area contributed by atoms with Crippen LogP contribution in [0, 0.1) is 5.92 Å². The smallest absolute Gasteiger partial charge is 0.252 e. The van der Waals surface area contributed by atoms with Crippen LogP contribution in [0.1, 0.15) is 39.0 Å². The molecule has 96 valence electrons. The third-order valence-electron chi connectivity index (χ3n) is 4.59. The molecule has 17 heavy (non-hydrogen) atoms. The molecule has 0 aliphatic carbocycles. The largest absolute Gasteiger partial charge is 0.393 e. The summed E-state index contributed by atoms with van der Waals surface area (Å²) in [6, 6.07) is 0.514. The van der Waals surface area contributed by atoms with Gasteiger partial charge in [0.05, 0.1) is 6.10 Å². The van der Waals surface area contributed by atoms with Gasteiger partial charge in [-0.1, -0.05) is 6.92 Å². The van der Waals surface area contributed by atoms with Gasteiger partial charge in [-0.3, -0.25) is 4.79 Å². The first-order valence-electron chi connectivity index (χ1n) is 6.78. The molecule has 3 saturated heterocycles. The van der Waals surface area contributed by atoms with Gasteiger partial charge in [0.1, 0.15) is 6.10 Å². The Kier molecular flexibility index (Phi) is 2.87. The second-order valence-electron chi connectivity index (χ2n) is 5.81. The molecule has 4 unspecified atom stereocenters. The van der Waals surface area contributed by atoms with Crippen molar-refractivity contribution in [3.63, 3.8) is 0 Å². The predicted molar refractivity (Wildman–Crippen MR) is 62.4 cm³/mol. The van der Waals surface area contributed by atoms with Crippen LogP contribution >= 0.6 is 0 Å². The molecule has 1 amide bonds. The van der Waals surface area contributed by atoms with Crippen LogP contribution in [0.4, 0.5) is 0 Å². The zero-order valence-electron chi connectivity index (χ0n) is 10.3. The summed E-state index contributed by atoms with van der Waals surface area (Å²) in [5.74, 6) is 0.517. The topological polar surface area (TPSA) is 49.8 Å². The number of carbonyl (C=O) groups excluding carboxylic acids is 1. The van der Waals surface area contributed by atoms with Gasteiger partial charge >= 0.3 is 0 Å². The van der Waals surface area contributed by atoms with Crippen LogP contribution in [0.5, 0.6) is 0 Å². The number of piperidine rings is 1. The summed E-state index contributed by atoms with van der Waals surface area (Å²) in [7, 11) is 0. The molecule has 3 fully saturated rings. The van der Waals surface area contributed by atoms with Crippen LogP contribution in [-0.2, 0) is 9.53 Å². The fourth-order valence-electron chi connectivity index (χ4n) is 3.67. The summed E-state index contributed by atoms with van der Waals surface area (Å²) in [5.41, 5.74) is 0. The summed E-state index contributed by atoms with van der Waals surface area (Å²) < 4.78 is 5.58. The molecule has 0 spiro atoms. The van der Waals surface area contributed by atoms with E-state index in [9.17, 15) is 9.90 Å². The van der Waals surface area contributed by atoms with Gasteiger partial charge < -0.3 is 14.7 Å². The number of fused-ring (bicyclic) bond motifs is 2. The first-order chi connectivity index (χ1) is 8.16. The molecule has 3 heterocycles. The van der Waals surface area contributed by atoms with Gasteiger partial charge in [-0.25, -0.2) is 0 Å². The number of aliphatic hydroxyl groups is 1. The van der Waals surface area contributed by atoms with Crippen molar-refractivity contribution in [3.05, 3.63) is 0 Å². The normalized spacial score (nSPS) is 45.3. The number of carbonyl (C=O) groups is 1. The standard InChI is InChI=1S/C13H21NO3/c1-8-4-5-17-12(8)13(16)14-9-2-3-10(14)7-11(15)6-9/h8-12,15H,2-7H2,1H3. The van der Waals surface area contributed by atoms with Crippen LogP contribution in [0.25, 0.3) is 0 Å². The maximum atomic E-state index is 12.5. The second kappa shape index (κ2) is 4.25. The first kappa shape index (κ1) is 11.5. The highest BCUT2D eigenvalue weighted by atomic mass is 16.5. The fraction of sp³-hybridized carbons (Fsp3) is 0.923. The number of aliphatic hydroxyl groups excluding tert-OH is 1. The molecule has 3 rings (SSSR count). The molecule has 1 N–H and O–H groups in total. The monoisotopic (exact) mass is 239 g/mol. The third kappa shape index (κ3) is 1.87. The van der Waals surface area contributed by atoms with Gasteiger partial charge in [0.25, 0.3) is 5.91 Å². The van der Waals surface area contributed by atoms with E-state index in [2.05, 4.69) is 6.92 Å². The predicted octanol–water partition coefficient (Wildman–Crippen LogP) is 0.926. The van der Waals surface area contributed by atoms with Gasteiger partial charge in [-0.15, -0.1) is 0 Å². The Balaban J connectivity index is 1.74. The van der Waals surface area contributed by atoms with Gasteiger partial charge in [0.15, 0.2) is 0 Å². The van der Waals surface area contributed by atoms with Crippen molar-refractivity contribution in [1.29, 1.82) is 0 Å². The number of hydrogen-bond donors (Lipinski definition) is 1. The summed E-state index contributed by atoms with van der Waals surface area (Å²) in [6.07, 6.45) is 4.16. The molecule has 3 aliphatic rings. The molecule has 0 saturated carbocycles. The second-order valence-corrected chi connectivity index (χ2v) is 5.81. The highest BCUT2D eigenvalue weighted by molar-refractivity contribution is 5.82. The fourth-order valence-corrected chi connectivity index (χ4v) is 3.67. The molecule has 2 bridgehead atoms. The Hall–Kier alpha value is -0.610. The molecule has 4 heteroatoms.